The molecule has 5 nitrogen and oxygen atoms in total. The molecule has 0 saturated carbocycles. The van der Waals surface area contributed by atoms with Gasteiger partial charge in [-0.1, -0.05) is 32.9 Å². The lowest BCUT2D eigenvalue weighted by atomic mass is 9.95. The highest BCUT2D eigenvalue weighted by Gasteiger charge is 2.21. The van der Waals surface area contributed by atoms with Crippen LogP contribution in [0.3, 0.4) is 0 Å². The van der Waals surface area contributed by atoms with Crippen LogP contribution in [0.15, 0.2) is 41.8 Å². The molecule has 0 aliphatic rings. The first-order valence-electron chi connectivity index (χ1n) is 7.79. The van der Waals surface area contributed by atoms with Crippen LogP contribution in [0.4, 0.5) is 11.4 Å². The van der Waals surface area contributed by atoms with Crippen LogP contribution >= 0.6 is 11.3 Å². The van der Waals surface area contributed by atoms with E-state index in [1.807, 2.05) is 62.5 Å². The Hall–Kier alpha value is -2.34. The molecule has 6 heteroatoms. The van der Waals surface area contributed by atoms with Crippen molar-refractivity contribution in [1.29, 1.82) is 0 Å². The summed E-state index contributed by atoms with van der Waals surface area (Å²) in [6, 6.07) is 11.3. The predicted octanol–water partition coefficient (Wildman–Crippen LogP) is 3.46. The Morgan fingerprint density at radius 1 is 1.08 bits per heavy atom. The number of carbonyl (C=O) groups excluding carboxylic acids is 2. The number of nitrogens with one attached hydrogen (secondary N) is 3. The second-order valence-electron chi connectivity index (χ2n) is 6.49. The largest absolute Gasteiger partial charge is 0.376 e. The summed E-state index contributed by atoms with van der Waals surface area (Å²) in [7, 11) is 0. The molecule has 0 unspecified atom stereocenters. The third kappa shape index (κ3) is 5.70. The number of rotatable bonds is 6. The lowest BCUT2D eigenvalue weighted by Gasteiger charge is -2.18. The minimum atomic E-state index is -0.453. The maximum Gasteiger partial charge on any atom is 0.239 e. The lowest BCUT2D eigenvalue weighted by molar-refractivity contribution is -0.123. The van der Waals surface area contributed by atoms with Crippen molar-refractivity contribution in [3.05, 3.63) is 46.7 Å². The number of carbonyl (C=O) groups is 2. The number of thiophene rings is 1. The quantitative estimate of drug-likeness (QED) is 0.751. The van der Waals surface area contributed by atoms with Gasteiger partial charge in [0.15, 0.2) is 0 Å². The molecule has 1 aromatic heterocycles. The highest BCUT2D eigenvalue weighted by atomic mass is 32.1. The Bertz CT molecular complexity index is 691. The predicted molar refractivity (Wildman–Crippen MR) is 99.2 cm³/mol. The number of hydrogen-bond donors (Lipinski definition) is 3. The zero-order chi connectivity index (χ0) is 17.6. The maximum atomic E-state index is 12.0. The molecular formula is C18H23N3O2S. The molecule has 0 saturated heterocycles. The van der Waals surface area contributed by atoms with Crippen LogP contribution in [0.25, 0.3) is 0 Å². The molecule has 0 spiro atoms. The number of amides is 2. The van der Waals surface area contributed by atoms with Gasteiger partial charge in [-0.3, -0.25) is 9.59 Å². The van der Waals surface area contributed by atoms with E-state index in [-0.39, 0.29) is 18.4 Å². The van der Waals surface area contributed by atoms with E-state index < -0.39 is 5.41 Å². The molecule has 1 aromatic carbocycles. The first kappa shape index (κ1) is 18.0. The zero-order valence-electron chi connectivity index (χ0n) is 14.2. The van der Waals surface area contributed by atoms with Gasteiger partial charge in [0, 0.05) is 21.7 Å². The fourth-order valence-electron chi connectivity index (χ4n) is 1.87. The summed E-state index contributed by atoms with van der Waals surface area (Å²) in [6.07, 6.45) is 0. The van der Waals surface area contributed by atoms with E-state index in [4.69, 9.17) is 0 Å². The smallest absolute Gasteiger partial charge is 0.239 e. The van der Waals surface area contributed by atoms with Crippen LogP contribution in [0.5, 0.6) is 0 Å². The Kier molecular flexibility index (Phi) is 5.98. The third-order valence-electron chi connectivity index (χ3n) is 3.29. The fraction of sp³-hybridized carbons (Fsp3) is 0.333. The molecule has 2 amide bonds. The molecule has 0 aliphatic carbocycles. The Balaban J connectivity index is 1.83. The summed E-state index contributed by atoms with van der Waals surface area (Å²) in [5.41, 5.74) is 1.04. The minimum absolute atomic E-state index is 0.0478. The van der Waals surface area contributed by atoms with Gasteiger partial charge in [-0.25, -0.2) is 0 Å². The monoisotopic (exact) mass is 345 g/mol. The van der Waals surface area contributed by atoms with Gasteiger partial charge in [-0.15, -0.1) is 11.3 Å². The normalized spacial score (nSPS) is 11.0. The molecule has 2 rings (SSSR count). The van der Waals surface area contributed by atoms with E-state index in [0.717, 1.165) is 10.6 Å². The van der Waals surface area contributed by atoms with E-state index in [0.29, 0.717) is 12.2 Å². The summed E-state index contributed by atoms with van der Waals surface area (Å²) in [5, 5.41) is 10.8. The summed E-state index contributed by atoms with van der Waals surface area (Å²) >= 11 is 1.61. The molecule has 0 fully saturated rings. The Morgan fingerprint density at radius 2 is 1.83 bits per heavy atom. The average molecular weight is 345 g/mol. The first-order valence-corrected chi connectivity index (χ1v) is 8.67. The molecule has 0 aliphatic heterocycles. The highest BCUT2D eigenvalue weighted by Crippen LogP contribution is 2.19. The van der Waals surface area contributed by atoms with Crippen LogP contribution in [-0.4, -0.2) is 18.4 Å². The van der Waals surface area contributed by atoms with E-state index >= 15 is 0 Å². The second kappa shape index (κ2) is 7.97. The van der Waals surface area contributed by atoms with Gasteiger partial charge < -0.3 is 16.0 Å². The molecule has 128 valence electrons. The van der Waals surface area contributed by atoms with Gasteiger partial charge in [0.05, 0.1) is 13.1 Å². The second-order valence-corrected chi connectivity index (χ2v) is 7.53. The van der Waals surface area contributed by atoms with Gasteiger partial charge >= 0.3 is 0 Å². The van der Waals surface area contributed by atoms with Gasteiger partial charge in [-0.05, 0) is 29.6 Å². The van der Waals surface area contributed by atoms with Crippen LogP contribution in [0.2, 0.25) is 0 Å². The standard InChI is InChI=1S/C18H23N3O2S/c1-18(2,3)17(23)21-14-7-4-6-13(10-14)19-12-16(22)20-11-15-8-5-9-24-15/h4-10,19H,11-12H2,1-3H3,(H,20,22)(H,21,23). The van der Waals surface area contributed by atoms with Crippen LogP contribution in [0, 0.1) is 5.41 Å². The van der Waals surface area contributed by atoms with Crippen LogP contribution < -0.4 is 16.0 Å². The lowest BCUT2D eigenvalue weighted by Crippen LogP contribution is -2.29. The van der Waals surface area contributed by atoms with E-state index in [1.54, 1.807) is 11.3 Å². The van der Waals surface area contributed by atoms with Crippen molar-refractivity contribution >= 4 is 34.5 Å². The molecule has 0 radical (unpaired) electrons. The Labute approximate surface area is 146 Å². The summed E-state index contributed by atoms with van der Waals surface area (Å²) in [4.78, 5) is 25.0. The molecule has 3 N–H and O–H groups in total. The van der Waals surface area contributed by atoms with Crippen molar-refractivity contribution in [1.82, 2.24) is 5.32 Å². The van der Waals surface area contributed by atoms with E-state index in [1.165, 1.54) is 0 Å². The van der Waals surface area contributed by atoms with Crippen molar-refractivity contribution in [2.24, 2.45) is 5.41 Å². The maximum absolute atomic E-state index is 12.0. The summed E-state index contributed by atoms with van der Waals surface area (Å²) < 4.78 is 0. The molecule has 24 heavy (non-hydrogen) atoms. The fourth-order valence-corrected chi connectivity index (χ4v) is 2.51. The molecule has 0 atom stereocenters. The van der Waals surface area contributed by atoms with Gasteiger partial charge in [0.1, 0.15) is 0 Å². The van der Waals surface area contributed by atoms with Crippen molar-refractivity contribution in [3.63, 3.8) is 0 Å². The van der Waals surface area contributed by atoms with E-state index in [9.17, 15) is 9.59 Å². The molecular weight excluding hydrogens is 322 g/mol. The minimum Gasteiger partial charge on any atom is -0.376 e. The van der Waals surface area contributed by atoms with Crippen LogP contribution in [-0.2, 0) is 16.1 Å². The van der Waals surface area contributed by atoms with Crippen molar-refractivity contribution < 1.29 is 9.59 Å². The molecule has 1 heterocycles. The zero-order valence-corrected chi connectivity index (χ0v) is 15.0. The Morgan fingerprint density at radius 3 is 2.50 bits per heavy atom. The SMILES string of the molecule is CC(C)(C)C(=O)Nc1cccc(NCC(=O)NCc2cccs2)c1. The van der Waals surface area contributed by atoms with Gasteiger partial charge in [0.25, 0.3) is 0 Å². The van der Waals surface area contributed by atoms with Crippen molar-refractivity contribution in [2.45, 2.75) is 27.3 Å². The average Bonchev–Trinajstić information content (AvgIpc) is 3.04. The van der Waals surface area contributed by atoms with Gasteiger partial charge in [0.2, 0.25) is 11.8 Å². The number of anilines is 2. The number of benzene rings is 1. The van der Waals surface area contributed by atoms with Crippen LogP contribution in [0.1, 0.15) is 25.6 Å². The summed E-state index contributed by atoms with van der Waals surface area (Å²) in [5.74, 6) is -0.124. The third-order valence-corrected chi connectivity index (χ3v) is 4.17. The van der Waals surface area contributed by atoms with Gasteiger partial charge in [-0.2, -0.15) is 0 Å². The highest BCUT2D eigenvalue weighted by molar-refractivity contribution is 7.09. The van der Waals surface area contributed by atoms with E-state index in [2.05, 4.69) is 16.0 Å². The first-order chi connectivity index (χ1) is 11.3. The molecule has 0 bridgehead atoms. The molecule has 2 aromatic rings. The van der Waals surface area contributed by atoms with Crippen molar-refractivity contribution in [2.75, 3.05) is 17.2 Å². The number of hydrogen-bond acceptors (Lipinski definition) is 4. The topological polar surface area (TPSA) is 70.2 Å². The van der Waals surface area contributed by atoms with Crippen molar-refractivity contribution in [3.8, 4) is 0 Å². The summed E-state index contributed by atoms with van der Waals surface area (Å²) in [6.45, 7) is 6.31.